The molecule has 1 amide bonds. The van der Waals surface area contributed by atoms with Crippen molar-refractivity contribution in [3.63, 3.8) is 0 Å². The largest absolute Gasteiger partial charge is 0.489 e. The fourth-order valence-electron chi connectivity index (χ4n) is 2.88. The van der Waals surface area contributed by atoms with E-state index in [2.05, 4.69) is 0 Å². The van der Waals surface area contributed by atoms with Gasteiger partial charge >= 0.3 is 5.97 Å². The van der Waals surface area contributed by atoms with Gasteiger partial charge in [0.05, 0.1) is 5.56 Å². The molecule has 0 spiro atoms. The Morgan fingerprint density at radius 2 is 2.30 bits per heavy atom. The number of morpholine rings is 1. The van der Waals surface area contributed by atoms with Gasteiger partial charge in [-0.25, -0.2) is 9.18 Å². The number of cyclic esters (lactones) is 1. The Morgan fingerprint density at radius 3 is 3.00 bits per heavy atom. The van der Waals surface area contributed by atoms with Crippen molar-refractivity contribution in [2.24, 2.45) is 0 Å². The molecule has 2 saturated heterocycles. The molecule has 0 bridgehead atoms. The van der Waals surface area contributed by atoms with Crippen LogP contribution in [-0.4, -0.2) is 41.6 Å². The summed E-state index contributed by atoms with van der Waals surface area (Å²) in [5.41, 5.74) is -1.52. The van der Waals surface area contributed by atoms with Crippen LogP contribution < -0.4 is 4.74 Å². The molecule has 1 aromatic carbocycles. The van der Waals surface area contributed by atoms with Crippen molar-refractivity contribution in [3.8, 4) is 11.8 Å². The normalized spacial score (nSPS) is 26.5. The van der Waals surface area contributed by atoms with Crippen LogP contribution in [0, 0.1) is 17.1 Å². The highest BCUT2D eigenvalue weighted by Crippen LogP contribution is 2.31. The minimum absolute atomic E-state index is 0.0939. The number of nitriles is 1. The van der Waals surface area contributed by atoms with Crippen LogP contribution in [0.2, 0.25) is 0 Å². The number of carbonyl (C=O) groups excluding carboxylic acids is 2. The third kappa shape index (κ3) is 2.61. The zero-order valence-corrected chi connectivity index (χ0v) is 12.5. The molecule has 1 aromatic rings. The van der Waals surface area contributed by atoms with E-state index >= 15 is 0 Å². The number of esters is 1. The van der Waals surface area contributed by atoms with Crippen molar-refractivity contribution in [3.05, 3.63) is 29.6 Å². The van der Waals surface area contributed by atoms with Gasteiger partial charge in [-0.2, -0.15) is 5.26 Å². The number of amides is 1. The summed E-state index contributed by atoms with van der Waals surface area (Å²) < 4.78 is 24.3. The Bertz CT molecular complexity index is 715. The van der Waals surface area contributed by atoms with Crippen LogP contribution in [0.15, 0.2) is 18.2 Å². The Hall–Kier alpha value is -2.62. The average molecular weight is 318 g/mol. The summed E-state index contributed by atoms with van der Waals surface area (Å²) in [7, 11) is 0. The zero-order chi connectivity index (χ0) is 16.6. The Kier molecular flexibility index (Phi) is 3.68. The average Bonchev–Trinajstić information content (AvgIpc) is 3.01. The molecule has 0 unspecified atom stereocenters. The Balaban J connectivity index is 1.74. The van der Waals surface area contributed by atoms with Crippen molar-refractivity contribution in [2.75, 3.05) is 13.2 Å². The van der Waals surface area contributed by atoms with E-state index in [-0.39, 0.29) is 23.8 Å². The summed E-state index contributed by atoms with van der Waals surface area (Å²) in [5.74, 6) is -1.27. The zero-order valence-electron chi connectivity index (χ0n) is 12.5. The molecule has 6 nitrogen and oxygen atoms in total. The molecule has 3 rings (SSSR count). The van der Waals surface area contributed by atoms with Crippen molar-refractivity contribution >= 4 is 11.9 Å². The highest BCUT2D eigenvalue weighted by molar-refractivity contribution is 5.95. The number of fused-ring (bicyclic) bond motifs is 1. The number of carbonyl (C=O) groups is 2. The minimum atomic E-state index is -1.43. The fourth-order valence-corrected chi connectivity index (χ4v) is 2.88. The highest BCUT2D eigenvalue weighted by Gasteiger charge is 2.52. The first-order valence-electron chi connectivity index (χ1n) is 7.31. The van der Waals surface area contributed by atoms with E-state index in [1.54, 1.807) is 6.07 Å². The predicted molar refractivity (Wildman–Crippen MR) is 75.8 cm³/mol. The lowest BCUT2D eigenvalue weighted by Crippen LogP contribution is -2.61. The second-order valence-electron chi connectivity index (χ2n) is 5.85. The van der Waals surface area contributed by atoms with Crippen molar-refractivity contribution in [2.45, 2.75) is 31.4 Å². The van der Waals surface area contributed by atoms with Gasteiger partial charge in [0.1, 0.15) is 30.3 Å². The molecule has 0 aliphatic carbocycles. The quantitative estimate of drug-likeness (QED) is 0.787. The number of nitrogens with zero attached hydrogens (tertiary/aromatic N) is 2. The van der Waals surface area contributed by atoms with Gasteiger partial charge in [-0.05, 0) is 31.9 Å². The van der Waals surface area contributed by atoms with Crippen LogP contribution in [0.4, 0.5) is 4.39 Å². The SMILES string of the molecule is C[C@]1(COc2ccc(C#N)c(F)c2)OC(=O)[C@@H]2CCCN2C1=O. The molecule has 2 atom stereocenters. The van der Waals surface area contributed by atoms with Crippen molar-refractivity contribution in [1.29, 1.82) is 5.26 Å². The fraction of sp³-hybridized carbons (Fsp3) is 0.438. The predicted octanol–water partition coefficient (Wildman–Crippen LogP) is 1.38. The second-order valence-corrected chi connectivity index (χ2v) is 5.85. The number of rotatable bonds is 3. The molecule has 7 heteroatoms. The third-order valence-electron chi connectivity index (χ3n) is 4.14. The summed E-state index contributed by atoms with van der Waals surface area (Å²) in [4.78, 5) is 26.1. The molecular weight excluding hydrogens is 303 g/mol. The smallest absolute Gasteiger partial charge is 0.330 e. The second kappa shape index (κ2) is 5.54. The molecule has 2 aliphatic rings. The molecule has 2 fully saturated rings. The van der Waals surface area contributed by atoms with E-state index in [1.807, 2.05) is 0 Å². The monoisotopic (exact) mass is 318 g/mol. The number of halogens is 1. The van der Waals surface area contributed by atoms with Crippen LogP contribution in [0.25, 0.3) is 0 Å². The van der Waals surface area contributed by atoms with E-state index in [0.29, 0.717) is 13.0 Å². The molecule has 0 saturated carbocycles. The van der Waals surface area contributed by atoms with E-state index in [9.17, 15) is 14.0 Å². The number of hydrogen-bond acceptors (Lipinski definition) is 5. The van der Waals surface area contributed by atoms with Crippen LogP contribution in [-0.2, 0) is 14.3 Å². The van der Waals surface area contributed by atoms with Crippen LogP contribution >= 0.6 is 0 Å². The van der Waals surface area contributed by atoms with Crippen LogP contribution in [0.1, 0.15) is 25.3 Å². The summed E-state index contributed by atoms with van der Waals surface area (Å²) in [6.45, 7) is 1.80. The van der Waals surface area contributed by atoms with Crippen molar-refractivity contribution < 1.29 is 23.5 Å². The summed E-state index contributed by atoms with van der Waals surface area (Å²) in [6.07, 6.45) is 1.38. The lowest BCUT2D eigenvalue weighted by Gasteiger charge is -2.39. The lowest BCUT2D eigenvalue weighted by molar-refractivity contribution is -0.191. The van der Waals surface area contributed by atoms with Crippen LogP contribution in [0.5, 0.6) is 5.75 Å². The highest BCUT2D eigenvalue weighted by atomic mass is 19.1. The molecule has 0 N–H and O–H groups in total. The lowest BCUT2D eigenvalue weighted by atomic mass is 10.0. The molecule has 2 aliphatic heterocycles. The summed E-state index contributed by atoms with van der Waals surface area (Å²) >= 11 is 0. The molecular formula is C16H15FN2O4. The first-order chi connectivity index (χ1) is 10.9. The maximum absolute atomic E-state index is 13.6. The minimum Gasteiger partial charge on any atom is -0.489 e. The number of ether oxygens (including phenoxy) is 2. The van der Waals surface area contributed by atoms with Crippen molar-refractivity contribution in [1.82, 2.24) is 4.90 Å². The molecule has 120 valence electrons. The summed E-state index contributed by atoms with van der Waals surface area (Å²) in [6, 6.07) is 5.00. The van der Waals surface area contributed by atoms with Gasteiger partial charge in [-0.3, -0.25) is 4.79 Å². The van der Waals surface area contributed by atoms with Crippen LogP contribution in [0.3, 0.4) is 0 Å². The maximum Gasteiger partial charge on any atom is 0.330 e. The first-order valence-corrected chi connectivity index (χ1v) is 7.31. The number of hydrogen-bond donors (Lipinski definition) is 0. The van der Waals surface area contributed by atoms with E-state index in [4.69, 9.17) is 14.7 Å². The maximum atomic E-state index is 13.6. The number of benzene rings is 1. The van der Waals surface area contributed by atoms with Gasteiger partial charge in [-0.1, -0.05) is 0 Å². The van der Waals surface area contributed by atoms with Gasteiger partial charge in [0.2, 0.25) is 5.60 Å². The third-order valence-corrected chi connectivity index (χ3v) is 4.14. The van der Waals surface area contributed by atoms with Gasteiger partial charge in [-0.15, -0.1) is 0 Å². The Morgan fingerprint density at radius 1 is 1.52 bits per heavy atom. The standard InChI is InChI=1S/C16H15FN2O4/c1-16(9-22-11-5-4-10(8-18)12(17)7-11)15(21)19-6-2-3-13(19)14(20)23-16/h4-5,7,13H,2-3,6,9H2,1H3/t13-,16+/m0/s1. The van der Waals surface area contributed by atoms with Gasteiger partial charge in [0.25, 0.3) is 5.91 Å². The molecule has 0 aromatic heterocycles. The molecule has 2 heterocycles. The topological polar surface area (TPSA) is 79.6 Å². The van der Waals surface area contributed by atoms with Gasteiger partial charge in [0.15, 0.2) is 0 Å². The Labute approximate surface area is 132 Å². The molecule has 23 heavy (non-hydrogen) atoms. The first kappa shape index (κ1) is 15.3. The van der Waals surface area contributed by atoms with E-state index in [1.165, 1.54) is 24.0 Å². The van der Waals surface area contributed by atoms with E-state index < -0.39 is 23.4 Å². The van der Waals surface area contributed by atoms with E-state index in [0.717, 1.165) is 12.5 Å². The van der Waals surface area contributed by atoms with Gasteiger partial charge in [0, 0.05) is 12.6 Å². The summed E-state index contributed by atoms with van der Waals surface area (Å²) in [5, 5.41) is 8.70. The molecule has 0 radical (unpaired) electrons. The van der Waals surface area contributed by atoms with Gasteiger partial charge < -0.3 is 14.4 Å².